The third kappa shape index (κ3) is 3.87. The van der Waals surface area contributed by atoms with Crippen LogP contribution in [0.25, 0.3) is 45.2 Å². The molecule has 0 unspecified atom stereocenters. The third-order valence-electron chi connectivity index (χ3n) is 7.43. The molecule has 0 atom stereocenters. The Kier molecular flexibility index (Phi) is 5.09. The summed E-state index contributed by atoms with van der Waals surface area (Å²) in [4.78, 5) is 20.4. The molecule has 0 spiro atoms. The van der Waals surface area contributed by atoms with Crippen LogP contribution in [0, 0.1) is 10.8 Å². The van der Waals surface area contributed by atoms with Crippen LogP contribution in [0.5, 0.6) is 0 Å². The summed E-state index contributed by atoms with van der Waals surface area (Å²) in [5, 5.41) is 17.1. The first kappa shape index (κ1) is 21.8. The molecule has 0 bridgehead atoms. The summed E-state index contributed by atoms with van der Waals surface area (Å²) in [6, 6.07) is 15.6. The summed E-state index contributed by atoms with van der Waals surface area (Å²) in [7, 11) is 0. The predicted molar refractivity (Wildman–Crippen MR) is 144 cm³/mol. The Hall–Kier alpha value is -4.40. The van der Waals surface area contributed by atoms with Crippen LogP contribution in [-0.2, 0) is 0 Å². The summed E-state index contributed by atoms with van der Waals surface area (Å²) < 4.78 is 6.14. The van der Waals surface area contributed by atoms with E-state index in [0.717, 1.165) is 85.1 Å². The van der Waals surface area contributed by atoms with Crippen LogP contribution in [0.4, 0.5) is 0 Å². The monoisotopic (exact) mass is 492 g/mol. The van der Waals surface area contributed by atoms with E-state index in [2.05, 4.69) is 19.8 Å². The lowest BCUT2D eigenvalue weighted by Crippen LogP contribution is -2.27. The largest absolute Gasteiger partial charge is 0.450 e. The van der Waals surface area contributed by atoms with Gasteiger partial charge in [0.05, 0.1) is 22.1 Å². The fraction of sp³-hybridized carbons (Fsp3) is 0.286. The molecule has 0 aliphatic carbocycles. The first-order valence-corrected chi connectivity index (χ1v) is 12.9. The standard InChI is InChI=1S/C28H28N8O/c29-25(35-11-1-2-12-35)17-5-7-19-21(15-17)33-27(31-19)23-9-10-24(37-23)28-32-20-8-6-18(16-22(20)34-28)26(30)36-13-3-4-14-36/h5-10,15-16,29-30H,1-4,11-14H2,(H,31,33)(H,32,34). The van der Waals surface area contributed by atoms with E-state index in [1.165, 1.54) is 0 Å². The number of fused-ring (bicyclic) bond motifs is 2. The molecular weight excluding hydrogens is 464 g/mol. The van der Waals surface area contributed by atoms with Crippen LogP contribution in [0.2, 0.25) is 0 Å². The van der Waals surface area contributed by atoms with Gasteiger partial charge >= 0.3 is 0 Å². The number of likely N-dealkylation sites (tertiary alicyclic amines) is 2. The lowest BCUT2D eigenvalue weighted by Gasteiger charge is -2.18. The summed E-state index contributed by atoms with van der Waals surface area (Å²) in [6.45, 7) is 3.80. The maximum Gasteiger partial charge on any atom is 0.174 e. The van der Waals surface area contributed by atoms with Crippen LogP contribution in [0.15, 0.2) is 52.9 Å². The van der Waals surface area contributed by atoms with Crippen LogP contribution < -0.4 is 0 Å². The molecule has 37 heavy (non-hydrogen) atoms. The lowest BCUT2D eigenvalue weighted by molar-refractivity contribution is 0.517. The van der Waals surface area contributed by atoms with E-state index in [9.17, 15) is 0 Å². The second-order valence-electron chi connectivity index (χ2n) is 9.88. The molecular formula is C28H28N8O. The Morgan fingerprint density at radius 1 is 0.649 bits per heavy atom. The van der Waals surface area contributed by atoms with E-state index >= 15 is 0 Å². The molecule has 2 aromatic carbocycles. The third-order valence-corrected chi connectivity index (χ3v) is 7.43. The molecule has 4 N–H and O–H groups in total. The van der Waals surface area contributed by atoms with E-state index in [4.69, 9.17) is 25.2 Å². The highest BCUT2D eigenvalue weighted by Crippen LogP contribution is 2.29. The van der Waals surface area contributed by atoms with Gasteiger partial charge in [-0.3, -0.25) is 10.8 Å². The first-order chi connectivity index (χ1) is 18.1. The number of amidine groups is 2. The van der Waals surface area contributed by atoms with Gasteiger partial charge in [-0.05, 0) is 74.2 Å². The van der Waals surface area contributed by atoms with E-state index in [-0.39, 0.29) is 0 Å². The van der Waals surface area contributed by atoms with Gasteiger partial charge in [-0.15, -0.1) is 0 Å². The molecule has 0 radical (unpaired) electrons. The van der Waals surface area contributed by atoms with Gasteiger partial charge in [-0.25, -0.2) is 9.97 Å². The fourth-order valence-electron chi connectivity index (χ4n) is 5.39. The molecule has 2 saturated heterocycles. The van der Waals surface area contributed by atoms with Crippen molar-refractivity contribution in [2.45, 2.75) is 25.7 Å². The first-order valence-electron chi connectivity index (χ1n) is 12.9. The van der Waals surface area contributed by atoms with Gasteiger partial charge in [-0.2, -0.15) is 0 Å². The van der Waals surface area contributed by atoms with E-state index in [1.54, 1.807) is 0 Å². The summed E-state index contributed by atoms with van der Waals surface area (Å²) in [5.74, 6) is 3.67. The SMILES string of the molecule is N=C(c1ccc2nc(-c3ccc(-c4nc5ccc(C(=N)N6CCCC6)cc5[nH]4)o3)[nH]c2c1)N1CCCC1. The minimum Gasteiger partial charge on any atom is -0.450 e. The number of H-pyrrole nitrogens is 2. The number of rotatable bonds is 4. The molecule has 0 saturated carbocycles. The van der Waals surface area contributed by atoms with Gasteiger partial charge in [0.15, 0.2) is 23.2 Å². The summed E-state index contributed by atoms with van der Waals surface area (Å²) in [6.07, 6.45) is 4.59. The molecule has 9 heteroatoms. The zero-order valence-corrected chi connectivity index (χ0v) is 20.5. The van der Waals surface area contributed by atoms with Crippen LogP contribution >= 0.6 is 0 Å². The molecule has 7 rings (SSSR count). The molecule has 2 aliphatic rings. The fourth-order valence-corrected chi connectivity index (χ4v) is 5.39. The van der Waals surface area contributed by atoms with Crippen molar-refractivity contribution < 1.29 is 4.42 Å². The number of aromatic amines is 2. The second kappa shape index (κ2) is 8.62. The number of furan rings is 1. The second-order valence-corrected chi connectivity index (χ2v) is 9.88. The molecule has 2 aliphatic heterocycles. The molecule has 0 amide bonds. The number of nitrogens with one attached hydrogen (secondary N) is 4. The van der Waals surface area contributed by atoms with E-state index in [1.807, 2.05) is 48.5 Å². The Morgan fingerprint density at radius 2 is 1.08 bits per heavy atom. The number of benzene rings is 2. The quantitative estimate of drug-likeness (QED) is 0.203. The normalized spacial score (nSPS) is 15.9. The van der Waals surface area contributed by atoms with Crippen molar-refractivity contribution in [1.29, 1.82) is 10.8 Å². The highest BCUT2D eigenvalue weighted by molar-refractivity contribution is 6.00. The Labute approximate surface area is 213 Å². The highest BCUT2D eigenvalue weighted by atomic mass is 16.3. The molecule has 186 valence electrons. The van der Waals surface area contributed by atoms with Gasteiger partial charge in [0.2, 0.25) is 0 Å². The Balaban J connectivity index is 1.15. The zero-order valence-electron chi connectivity index (χ0n) is 20.5. The number of aromatic nitrogens is 4. The average molecular weight is 493 g/mol. The number of hydrogen-bond acceptors (Lipinski definition) is 5. The number of nitrogens with zero attached hydrogens (tertiary/aromatic N) is 4. The maximum atomic E-state index is 8.55. The van der Waals surface area contributed by atoms with Gasteiger partial charge < -0.3 is 24.2 Å². The van der Waals surface area contributed by atoms with Gasteiger partial charge in [0, 0.05) is 37.3 Å². The Bertz CT molecular complexity index is 1520. The predicted octanol–water partition coefficient (Wildman–Crippen LogP) is 5.21. The van der Waals surface area contributed by atoms with Gasteiger partial charge in [0.1, 0.15) is 11.7 Å². The van der Waals surface area contributed by atoms with Crippen molar-refractivity contribution in [2.75, 3.05) is 26.2 Å². The van der Waals surface area contributed by atoms with E-state index in [0.29, 0.717) is 34.8 Å². The molecule has 5 aromatic rings. The Morgan fingerprint density at radius 3 is 1.51 bits per heavy atom. The maximum absolute atomic E-state index is 8.55. The van der Waals surface area contributed by atoms with Crippen molar-refractivity contribution in [1.82, 2.24) is 29.7 Å². The highest BCUT2D eigenvalue weighted by Gasteiger charge is 2.19. The van der Waals surface area contributed by atoms with Crippen LogP contribution in [0.3, 0.4) is 0 Å². The number of imidazole rings is 2. The van der Waals surface area contributed by atoms with Crippen molar-refractivity contribution in [3.05, 3.63) is 59.7 Å². The minimum atomic E-state index is 0.569. The smallest absolute Gasteiger partial charge is 0.174 e. The molecule has 2 fully saturated rings. The van der Waals surface area contributed by atoms with Crippen molar-refractivity contribution in [3.63, 3.8) is 0 Å². The molecule has 9 nitrogen and oxygen atoms in total. The molecule has 3 aromatic heterocycles. The van der Waals surface area contributed by atoms with E-state index < -0.39 is 0 Å². The van der Waals surface area contributed by atoms with Gasteiger partial charge in [0.25, 0.3) is 0 Å². The van der Waals surface area contributed by atoms with Crippen molar-refractivity contribution in [2.24, 2.45) is 0 Å². The summed E-state index contributed by atoms with van der Waals surface area (Å²) >= 11 is 0. The topological polar surface area (TPSA) is 125 Å². The molecule has 5 heterocycles. The van der Waals surface area contributed by atoms with Gasteiger partial charge in [-0.1, -0.05) is 0 Å². The summed E-state index contributed by atoms with van der Waals surface area (Å²) in [5.41, 5.74) is 5.22. The number of hydrogen-bond donors (Lipinski definition) is 4. The van der Waals surface area contributed by atoms with Crippen molar-refractivity contribution in [3.8, 4) is 23.2 Å². The minimum absolute atomic E-state index is 0.569. The average Bonchev–Trinajstić information content (AvgIpc) is 3.75. The van der Waals surface area contributed by atoms with Crippen molar-refractivity contribution >= 4 is 33.7 Å². The van der Waals surface area contributed by atoms with Crippen LogP contribution in [0.1, 0.15) is 36.8 Å². The van der Waals surface area contributed by atoms with Crippen LogP contribution in [-0.4, -0.2) is 67.6 Å². The zero-order chi connectivity index (χ0) is 24.9. The lowest BCUT2D eigenvalue weighted by atomic mass is 10.1.